The molecule has 3 heteroatoms. The molecule has 0 aromatic heterocycles. The predicted octanol–water partition coefficient (Wildman–Crippen LogP) is 3.13. The number of fused-ring (bicyclic) bond motifs is 1. The highest BCUT2D eigenvalue weighted by molar-refractivity contribution is 9.10. The summed E-state index contributed by atoms with van der Waals surface area (Å²) >= 11 is 3.62. The van der Waals surface area contributed by atoms with Gasteiger partial charge in [-0.1, -0.05) is 12.1 Å². The van der Waals surface area contributed by atoms with Crippen LogP contribution in [0.5, 0.6) is 0 Å². The van der Waals surface area contributed by atoms with Gasteiger partial charge in [-0.25, -0.2) is 0 Å². The van der Waals surface area contributed by atoms with Gasteiger partial charge in [0.2, 0.25) is 0 Å². The minimum Gasteiger partial charge on any atom is -0.381 e. The van der Waals surface area contributed by atoms with Gasteiger partial charge in [-0.15, -0.1) is 0 Å². The number of aryl methyl sites for hydroxylation is 1. The van der Waals surface area contributed by atoms with Crippen LogP contribution >= 0.6 is 15.9 Å². The Kier molecular flexibility index (Phi) is 3.87. The van der Waals surface area contributed by atoms with Crippen LogP contribution in [0.2, 0.25) is 0 Å². The second kappa shape index (κ2) is 5.19. The monoisotopic (exact) mass is 282 g/mol. The molecule has 1 aliphatic heterocycles. The number of hydrogen-bond acceptors (Lipinski definition) is 2. The topological polar surface area (TPSA) is 15.3 Å². The van der Waals surface area contributed by atoms with E-state index in [0.717, 1.165) is 6.54 Å². The molecule has 88 valence electrons. The summed E-state index contributed by atoms with van der Waals surface area (Å²) in [6.45, 7) is 1.15. The van der Waals surface area contributed by atoms with E-state index in [1.807, 2.05) is 0 Å². The maximum absolute atomic E-state index is 3.65. The van der Waals surface area contributed by atoms with Crippen molar-refractivity contribution in [1.29, 1.82) is 0 Å². The Morgan fingerprint density at radius 2 is 2.25 bits per heavy atom. The number of anilines is 1. The molecule has 1 N–H and O–H groups in total. The van der Waals surface area contributed by atoms with Crippen LogP contribution in [0.1, 0.15) is 18.4 Å². The Morgan fingerprint density at radius 1 is 1.44 bits per heavy atom. The third kappa shape index (κ3) is 2.77. The van der Waals surface area contributed by atoms with Gasteiger partial charge in [0.25, 0.3) is 0 Å². The number of para-hydroxylation sites is 1. The van der Waals surface area contributed by atoms with Crippen molar-refractivity contribution < 1.29 is 0 Å². The summed E-state index contributed by atoms with van der Waals surface area (Å²) in [6.07, 6.45) is 3.66. The van der Waals surface area contributed by atoms with Crippen LogP contribution in [-0.2, 0) is 6.42 Å². The Hall–Kier alpha value is -0.540. The molecule has 0 bridgehead atoms. The second-order valence-electron chi connectivity index (χ2n) is 4.75. The molecule has 2 rings (SSSR count). The molecule has 0 saturated heterocycles. The van der Waals surface area contributed by atoms with Gasteiger partial charge in [0, 0.05) is 10.5 Å². The molecule has 1 aromatic rings. The predicted molar refractivity (Wildman–Crippen MR) is 73.0 cm³/mol. The summed E-state index contributed by atoms with van der Waals surface area (Å²) in [7, 11) is 4.26. The first-order valence-corrected chi connectivity index (χ1v) is 6.65. The van der Waals surface area contributed by atoms with E-state index in [1.165, 1.54) is 35.0 Å². The quantitative estimate of drug-likeness (QED) is 0.917. The summed E-state index contributed by atoms with van der Waals surface area (Å²) in [5, 5.41) is 3.65. The lowest BCUT2D eigenvalue weighted by Crippen LogP contribution is -2.29. The van der Waals surface area contributed by atoms with Gasteiger partial charge in [0.15, 0.2) is 0 Å². The summed E-state index contributed by atoms with van der Waals surface area (Å²) in [6, 6.07) is 7.06. The fourth-order valence-electron chi connectivity index (χ4n) is 2.18. The zero-order valence-electron chi connectivity index (χ0n) is 9.96. The standard InChI is InChI=1S/C13H19BrN2/c1-16(2)9-8-11-7-6-10-4-3-5-12(14)13(10)15-11/h3-5,11,15H,6-9H2,1-2H3. The van der Waals surface area contributed by atoms with Gasteiger partial charge < -0.3 is 10.2 Å². The molecule has 1 atom stereocenters. The molecule has 0 saturated carbocycles. The highest BCUT2D eigenvalue weighted by Gasteiger charge is 2.18. The van der Waals surface area contributed by atoms with E-state index in [4.69, 9.17) is 0 Å². The maximum atomic E-state index is 3.65. The largest absolute Gasteiger partial charge is 0.381 e. The molecule has 1 unspecified atom stereocenters. The van der Waals surface area contributed by atoms with Crippen LogP contribution in [0, 0.1) is 0 Å². The van der Waals surface area contributed by atoms with Crippen LogP contribution in [0.4, 0.5) is 5.69 Å². The number of halogens is 1. The van der Waals surface area contributed by atoms with Crippen molar-refractivity contribution in [3.05, 3.63) is 28.2 Å². The zero-order chi connectivity index (χ0) is 11.5. The number of rotatable bonds is 3. The second-order valence-corrected chi connectivity index (χ2v) is 5.60. The molecule has 1 aromatic carbocycles. The highest BCUT2D eigenvalue weighted by atomic mass is 79.9. The first-order valence-electron chi connectivity index (χ1n) is 5.85. The van der Waals surface area contributed by atoms with E-state index in [2.05, 4.69) is 58.4 Å². The number of nitrogens with zero attached hydrogens (tertiary/aromatic N) is 1. The smallest absolute Gasteiger partial charge is 0.0519 e. The first kappa shape index (κ1) is 11.9. The number of benzene rings is 1. The summed E-state index contributed by atoms with van der Waals surface area (Å²) < 4.78 is 1.19. The summed E-state index contributed by atoms with van der Waals surface area (Å²) in [5.74, 6) is 0. The molecule has 16 heavy (non-hydrogen) atoms. The minimum atomic E-state index is 0.619. The molecule has 2 nitrogen and oxygen atoms in total. The fourth-order valence-corrected chi connectivity index (χ4v) is 2.70. The van der Waals surface area contributed by atoms with Crippen LogP contribution in [0.15, 0.2) is 22.7 Å². The Labute approximate surface area is 106 Å². The Balaban J connectivity index is 2.03. The van der Waals surface area contributed by atoms with Gasteiger partial charge in [-0.3, -0.25) is 0 Å². The summed E-state index contributed by atoms with van der Waals surface area (Å²) in [5.41, 5.74) is 2.74. The van der Waals surface area contributed by atoms with E-state index in [1.54, 1.807) is 0 Å². The molecular weight excluding hydrogens is 264 g/mol. The third-order valence-corrected chi connectivity index (χ3v) is 3.80. The molecule has 0 radical (unpaired) electrons. The first-order chi connectivity index (χ1) is 7.66. The number of hydrogen-bond donors (Lipinski definition) is 1. The van der Waals surface area contributed by atoms with Crippen LogP contribution in [0.3, 0.4) is 0 Å². The zero-order valence-corrected chi connectivity index (χ0v) is 11.5. The van der Waals surface area contributed by atoms with Crippen molar-refractivity contribution in [3.8, 4) is 0 Å². The highest BCUT2D eigenvalue weighted by Crippen LogP contribution is 2.32. The van der Waals surface area contributed by atoms with Crippen LogP contribution in [-0.4, -0.2) is 31.6 Å². The van der Waals surface area contributed by atoms with Gasteiger partial charge in [0.1, 0.15) is 0 Å². The van der Waals surface area contributed by atoms with Crippen molar-refractivity contribution in [1.82, 2.24) is 4.90 Å². The van der Waals surface area contributed by atoms with Gasteiger partial charge in [-0.05, 0) is 67.5 Å². The Morgan fingerprint density at radius 3 is 3.00 bits per heavy atom. The Bertz CT molecular complexity index is 363. The lowest BCUT2D eigenvalue weighted by Gasteiger charge is -2.28. The minimum absolute atomic E-state index is 0.619. The van der Waals surface area contributed by atoms with Crippen molar-refractivity contribution in [2.75, 3.05) is 26.0 Å². The van der Waals surface area contributed by atoms with Crippen LogP contribution in [0.25, 0.3) is 0 Å². The van der Waals surface area contributed by atoms with E-state index in [0.29, 0.717) is 6.04 Å². The summed E-state index contributed by atoms with van der Waals surface area (Å²) in [4.78, 5) is 2.25. The molecule has 0 amide bonds. The SMILES string of the molecule is CN(C)CCC1CCc2cccc(Br)c2N1. The fraction of sp³-hybridized carbons (Fsp3) is 0.538. The average Bonchev–Trinajstić information content (AvgIpc) is 2.27. The molecule has 0 fully saturated rings. The number of nitrogens with one attached hydrogen (secondary N) is 1. The normalized spacial score (nSPS) is 19.4. The van der Waals surface area contributed by atoms with Gasteiger partial charge in [-0.2, -0.15) is 0 Å². The molecule has 0 spiro atoms. The molecule has 1 aliphatic rings. The van der Waals surface area contributed by atoms with E-state index >= 15 is 0 Å². The lowest BCUT2D eigenvalue weighted by atomic mass is 9.96. The van der Waals surface area contributed by atoms with Crippen molar-refractivity contribution in [2.45, 2.75) is 25.3 Å². The average molecular weight is 283 g/mol. The molecular formula is C13H19BrN2. The third-order valence-electron chi connectivity index (χ3n) is 3.14. The molecule has 0 aliphatic carbocycles. The maximum Gasteiger partial charge on any atom is 0.0519 e. The van der Waals surface area contributed by atoms with Crippen LogP contribution < -0.4 is 5.32 Å². The van der Waals surface area contributed by atoms with Crippen molar-refractivity contribution in [2.24, 2.45) is 0 Å². The van der Waals surface area contributed by atoms with Gasteiger partial charge >= 0.3 is 0 Å². The van der Waals surface area contributed by atoms with E-state index in [9.17, 15) is 0 Å². The lowest BCUT2D eigenvalue weighted by molar-refractivity contribution is 0.379. The van der Waals surface area contributed by atoms with Crippen molar-refractivity contribution >= 4 is 21.6 Å². The van der Waals surface area contributed by atoms with Gasteiger partial charge in [0.05, 0.1) is 5.69 Å². The van der Waals surface area contributed by atoms with E-state index < -0.39 is 0 Å². The molecule has 1 heterocycles. The van der Waals surface area contributed by atoms with E-state index in [-0.39, 0.29) is 0 Å². The van der Waals surface area contributed by atoms with Crippen molar-refractivity contribution in [3.63, 3.8) is 0 Å².